The predicted octanol–water partition coefficient (Wildman–Crippen LogP) is 3.51. The Morgan fingerprint density at radius 2 is 2.00 bits per heavy atom. The van der Waals surface area contributed by atoms with Crippen molar-refractivity contribution in [2.45, 2.75) is 32.6 Å². The van der Waals surface area contributed by atoms with Crippen LogP contribution in [-0.4, -0.2) is 5.91 Å². The summed E-state index contributed by atoms with van der Waals surface area (Å²) in [6.07, 6.45) is 8.44. The molecule has 0 heterocycles. The smallest absolute Gasteiger partial charge is 0.255 e. The number of allylic oxidation sites excluding steroid dienone is 1. The van der Waals surface area contributed by atoms with Crippen molar-refractivity contribution in [2.24, 2.45) is 0 Å². The minimum absolute atomic E-state index is 0.0488. The lowest BCUT2D eigenvalue weighted by atomic mass is 10.2. The molecule has 2 nitrogen and oxygen atoms in total. The molecule has 1 aromatic rings. The van der Waals surface area contributed by atoms with E-state index in [-0.39, 0.29) is 5.91 Å². The second-order valence-corrected chi connectivity index (χ2v) is 3.74. The Morgan fingerprint density at radius 1 is 1.25 bits per heavy atom. The molecular weight excluding hydrogens is 198 g/mol. The summed E-state index contributed by atoms with van der Waals surface area (Å²) >= 11 is 0. The molecule has 16 heavy (non-hydrogen) atoms. The highest BCUT2D eigenvalue weighted by Crippen LogP contribution is 2.00. The van der Waals surface area contributed by atoms with Crippen molar-refractivity contribution in [1.29, 1.82) is 0 Å². The maximum absolute atomic E-state index is 11.6. The fourth-order valence-electron chi connectivity index (χ4n) is 1.40. The molecule has 0 aromatic heterocycles. The number of unbranched alkanes of at least 4 members (excludes halogenated alkanes) is 3. The van der Waals surface area contributed by atoms with E-state index in [0.717, 1.165) is 6.42 Å². The van der Waals surface area contributed by atoms with Gasteiger partial charge in [-0.3, -0.25) is 4.79 Å². The Morgan fingerprint density at radius 3 is 2.69 bits per heavy atom. The molecule has 0 unspecified atom stereocenters. The molecule has 0 atom stereocenters. The minimum atomic E-state index is -0.0488. The molecule has 0 saturated carbocycles. The molecule has 0 fully saturated rings. The summed E-state index contributed by atoms with van der Waals surface area (Å²) in [4.78, 5) is 11.6. The van der Waals surface area contributed by atoms with Crippen LogP contribution in [0.25, 0.3) is 0 Å². The Balaban J connectivity index is 2.25. The summed E-state index contributed by atoms with van der Waals surface area (Å²) in [7, 11) is 0. The van der Waals surface area contributed by atoms with Crippen LogP contribution in [0.4, 0.5) is 0 Å². The Kier molecular flexibility index (Phi) is 6.00. The van der Waals surface area contributed by atoms with Crippen LogP contribution in [0.3, 0.4) is 0 Å². The molecule has 0 aliphatic heterocycles. The highest BCUT2D eigenvalue weighted by Gasteiger charge is 1.99. The maximum Gasteiger partial charge on any atom is 0.255 e. The van der Waals surface area contributed by atoms with Crippen LogP contribution in [-0.2, 0) is 0 Å². The summed E-state index contributed by atoms with van der Waals surface area (Å²) in [6.45, 7) is 2.18. The molecule has 0 aliphatic rings. The van der Waals surface area contributed by atoms with E-state index in [9.17, 15) is 4.79 Å². The van der Waals surface area contributed by atoms with Crippen LogP contribution < -0.4 is 5.32 Å². The summed E-state index contributed by atoms with van der Waals surface area (Å²) in [5.41, 5.74) is 0.695. The van der Waals surface area contributed by atoms with Crippen LogP contribution >= 0.6 is 0 Å². The van der Waals surface area contributed by atoms with Crippen LogP contribution in [0.1, 0.15) is 43.0 Å². The van der Waals surface area contributed by atoms with Gasteiger partial charge in [-0.2, -0.15) is 0 Å². The minimum Gasteiger partial charge on any atom is -0.329 e. The third kappa shape index (κ3) is 4.78. The largest absolute Gasteiger partial charge is 0.329 e. The van der Waals surface area contributed by atoms with Gasteiger partial charge in [0.2, 0.25) is 0 Å². The van der Waals surface area contributed by atoms with Gasteiger partial charge >= 0.3 is 0 Å². The van der Waals surface area contributed by atoms with Gasteiger partial charge in [0.25, 0.3) is 5.91 Å². The van der Waals surface area contributed by atoms with Gasteiger partial charge < -0.3 is 5.32 Å². The van der Waals surface area contributed by atoms with Crippen molar-refractivity contribution in [2.75, 3.05) is 0 Å². The summed E-state index contributed by atoms with van der Waals surface area (Å²) in [5.74, 6) is -0.0488. The molecule has 86 valence electrons. The number of carbonyl (C=O) groups is 1. The standard InChI is InChI=1S/C14H19NO/c1-2-3-4-5-9-12-15-14(16)13-10-7-6-8-11-13/h6-12H,2-5H2,1H3,(H,15,16)/b12-9-. The van der Waals surface area contributed by atoms with Crippen molar-refractivity contribution >= 4 is 5.91 Å². The van der Waals surface area contributed by atoms with Crippen molar-refractivity contribution in [1.82, 2.24) is 5.32 Å². The van der Waals surface area contributed by atoms with E-state index in [4.69, 9.17) is 0 Å². The summed E-state index contributed by atoms with van der Waals surface area (Å²) in [6, 6.07) is 9.23. The molecule has 0 radical (unpaired) electrons. The van der Waals surface area contributed by atoms with Gasteiger partial charge in [-0.15, -0.1) is 0 Å². The van der Waals surface area contributed by atoms with Gasteiger partial charge in [0.05, 0.1) is 0 Å². The molecule has 0 aliphatic carbocycles. The Labute approximate surface area is 97.4 Å². The van der Waals surface area contributed by atoms with Gasteiger partial charge in [0.1, 0.15) is 0 Å². The zero-order valence-electron chi connectivity index (χ0n) is 9.78. The van der Waals surface area contributed by atoms with Gasteiger partial charge in [0.15, 0.2) is 0 Å². The number of hydrogen-bond acceptors (Lipinski definition) is 1. The average Bonchev–Trinajstić information content (AvgIpc) is 2.34. The first kappa shape index (κ1) is 12.5. The van der Waals surface area contributed by atoms with E-state index in [1.807, 2.05) is 24.3 Å². The number of amides is 1. The van der Waals surface area contributed by atoms with Crippen molar-refractivity contribution in [3.63, 3.8) is 0 Å². The summed E-state index contributed by atoms with van der Waals surface area (Å²) in [5, 5.41) is 2.76. The normalized spacial score (nSPS) is 10.6. The van der Waals surface area contributed by atoms with Crippen LogP contribution in [0, 0.1) is 0 Å². The van der Waals surface area contributed by atoms with E-state index in [1.165, 1.54) is 19.3 Å². The monoisotopic (exact) mass is 217 g/mol. The van der Waals surface area contributed by atoms with Gasteiger partial charge in [-0.05, 0) is 25.0 Å². The molecular formula is C14H19NO. The molecule has 1 aromatic carbocycles. The number of hydrogen-bond donors (Lipinski definition) is 1. The molecule has 1 N–H and O–H groups in total. The molecule has 1 rings (SSSR count). The van der Waals surface area contributed by atoms with E-state index >= 15 is 0 Å². The van der Waals surface area contributed by atoms with Gasteiger partial charge in [0, 0.05) is 11.8 Å². The zero-order valence-corrected chi connectivity index (χ0v) is 9.78. The fraction of sp³-hybridized carbons (Fsp3) is 0.357. The van der Waals surface area contributed by atoms with Crippen LogP contribution in [0.2, 0.25) is 0 Å². The highest BCUT2D eigenvalue weighted by atomic mass is 16.1. The van der Waals surface area contributed by atoms with E-state index in [1.54, 1.807) is 18.3 Å². The molecule has 1 amide bonds. The first-order valence-corrected chi connectivity index (χ1v) is 5.85. The lowest BCUT2D eigenvalue weighted by molar-refractivity contribution is 0.0970. The fourth-order valence-corrected chi connectivity index (χ4v) is 1.40. The second-order valence-electron chi connectivity index (χ2n) is 3.74. The van der Waals surface area contributed by atoms with Crippen molar-refractivity contribution < 1.29 is 4.79 Å². The Bertz CT molecular complexity index is 330. The molecule has 0 spiro atoms. The number of carbonyl (C=O) groups excluding carboxylic acids is 1. The van der Waals surface area contributed by atoms with Crippen LogP contribution in [0.15, 0.2) is 42.6 Å². The summed E-state index contributed by atoms with van der Waals surface area (Å²) < 4.78 is 0. The quantitative estimate of drug-likeness (QED) is 0.726. The third-order valence-electron chi connectivity index (χ3n) is 2.34. The number of rotatable bonds is 6. The first-order chi connectivity index (χ1) is 7.84. The van der Waals surface area contributed by atoms with E-state index < -0.39 is 0 Å². The molecule has 0 saturated heterocycles. The van der Waals surface area contributed by atoms with Crippen molar-refractivity contribution in [3.05, 3.63) is 48.2 Å². The van der Waals surface area contributed by atoms with Gasteiger partial charge in [-0.1, -0.05) is 44.0 Å². The maximum atomic E-state index is 11.6. The van der Waals surface area contributed by atoms with Gasteiger partial charge in [-0.25, -0.2) is 0 Å². The van der Waals surface area contributed by atoms with E-state index in [2.05, 4.69) is 12.2 Å². The van der Waals surface area contributed by atoms with E-state index in [0.29, 0.717) is 5.56 Å². The Hall–Kier alpha value is -1.57. The molecule has 2 heteroatoms. The zero-order chi connectivity index (χ0) is 11.6. The van der Waals surface area contributed by atoms with Crippen molar-refractivity contribution in [3.8, 4) is 0 Å². The lowest BCUT2D eigenvalue weighted by Gasteiger charge is -1.99. The lowest BCUT2D eigenvalue weighted by Crippen LogP contribution is -2.16. The SMILES string of the molecule is CCCCC/C=C\NC(=O)c1ccccc1. The number of nitrogens with one attached hydrogen (secondary N) is 1. The van der Waals surface area contributed by atoms with Crippen LogP contribution in [0.5, 0.6) is 0 Å². The first-order valence-electron chi connectivity index (χ1n) is 5.85. The number of benzene rings is 1. The average molecular weight is 217 g/mol. The predicted molar refractivity (Wildman–Crippen MR) is 67.2 cm³/mol. The molecule has 0 bridgehead atoms. The topological polar surface area (TPSA) is 29.1 Å². The highest BCUT2D eigenvalue weighted by molar-refractivity contribution is 5.94. The second kappa shape index (κ2) is 7.69. The third-order valence-corrected chi connectivity index (χ3v) is 2.34.